The van der Waals surface area contributed by atoms with E-state index < -0.39 is 10.0 Å². The molecular formula is C11H16N2O2S. The van der Waals surface area contributed by atoms with Crippen molar-refractivity contribution >= 4 is 15.7 Å². The van der Waals surface area contributed by atoms with Crippen LogP contribution in [0.25, 0.3) is 0 Å². The van der Waals surface area contributed by atoms with Gasteiger partial charge in [0.05, 0.1) is 5.69 Å². The van der Waals surface area contributed by atoms with Gasteiger partial charge < -0.3 is 5.73 Å². The van der Waals surface area contributed by atoms with Crippen LogP contribution in [0.1, 0.15) is 18.4 Å². The molecule has 0 unspecified atom stereocenters. The van der Waals surface area contributed by atoms with Crippen LogP contribution in [0.15, 0.2) is 23.1 Å². The quantitative estimate of drug-likeness (QED) is 0.794. The minimum Gasteiger partial charge on any atom is -0.398 e. The topological polar surface area (TPSA) is 63.4 Å². The Kier molecular flexibility index (Phi) is 2.90. The molecule has 2 rings (SSSR count). The lowest BCUT2D eigenvalue weighted by molar-refractivity contribution is 0.478. The van der Waals surface area contributed by atoms with Gasteiger partial charge in [-0.15, -0.1) is 0 Å². The van der Waals surface area contributed by atoms with Crippen LogP contribution in [0, 0.1) is 6.92 Å². The number of hydrogen-bond donors (Lipinski definition) is 1. The van der Waals surface area contributed by atoms with Gasteiger partial charge in [0.25, 0.3) is 0 Å². The second-order valence-electron chi connectivity index (χ2n) is 4.15. The first kappa shape index (κ1) is 11.4. The normalized spacial score (nSPS) is 17.8. The van der Waals surface area contributed by atoms with Gasteiger partial charge in [-0.25, -0.2) is 8.42 Å². The Labute approximate surface area is 96.1 Å². The molecule has 0 bridgehead atoms. The highest BCUT2D eigenvalue weighted by molar-refractivity contribution is 7.89. The van der Waals surface area contributed by atoms with E-state index in [9.17, 15) is 8.42 Å². The van der Waals surface area contributed by atoms with E-state index in [0.29, 0.717) is 18.8 Å². The fraction of sp³-hybridized carbons (Fsp3) is 0.455. The third kappa shape index (κ3) is 1.92. The number of benzene rings is 1. The number of rotatable bonds is 2. The summed E-state index contributed by atoms with van der Waals surface area (Å²) in [5.41, 5.74) is 7.08. The summed E-state index contributed by atoms with van der Waals surface area (Å²) in [6.45, 7) is 3.11. The molecule has 0 atom stereocenters. The van der Waals surface area contributed by atoms with E-state index in [-0.39, 0.29) is 4.90 Å². The molecule has 0 aliphatic carbocycles. The van der Waals surface area contributed by atoms with Crippen molar-refractivity contribution in [1.82, 2.24) is 4.31 Å². The highest BCUT2D eigenvalue weighted by atomic mass is 32.2. The molecule has 16 heavy (non-hydrogen) atoms. The summed E-state index contributed by atoms with van der Waals surface area (Å²) in [4.78, 5) is 0.236. The Morgan fingerprint density at radius 1 is 1.25 bits per heavy atom. The Bertz CT molecular complexity index is 491. The summed E-state index contributed by atoms with van der Waals surface area (Å²) in [6, 6.07) is 5.07. The Morgan fingerprint density at radius 2 is 1.88 bits per heavy atom. The van der Waals surface area contributed by atoms with E-state index in [1.54, 1.807) is 18.2 Å². The number of aryl methyl sites for hydroxylation is 1. The zero-order valence-corrected chi connectivity index (χ0v) is 10.1. The number of nitrogens with zero attached hydrogens (tertiary/aromatic N) is 1. The van der Waals surface area contributed by atoms with Gasteiger partial charge in [-0.05, 0) is 37.5 Å². The molecule has 1 aromatic carbocycles. The standard InChI is InChI=1S/C11H16N2O2S/c1-9-4-5-11(10(12)8-9)16(14,15)13-6-2-3-7-13/h4-5,8H,2-3,6-7,12H2,1H3. The maximum Gasteiger partial charge on any atom is 0.245 e. The molecule has 1 aliphatic heterocycles. The minimum absolute atomic E-state index is 0.236. The lowest BCUT2D eigenvalue weighted by Crippen LogP contribution is -2.28. The lowest BCUT2D eigenvalue weighted by atomic mass is 10.2. The van der Waals surface area contributed by atoms with Crippen molar-refractivity contribution in [3.63, 3.8) is 0 Å². The van der Waals surface area contributed by atoms with Gasteiger partial charge in [0.1, 0.15) is 4.90 Å². The molecule has 1 heterocycles. The lowest BCUT2D eigenvalue weighted by Gasteiger charge is -2.16. The first-order chi connectivity index (χ1) is 7.51. The van der Waals surface area contributed by atoms with Crippen LogP contribution >= 0.6 is 0 Å². The van der Waals surface area contributed by atoms with Crippen molar-refractivity contribution in [2.45, 2.75) is 24.7 Å². The number of nitrogen functional groups attached to an aromatic ring is 1. The predicted octanol–water partition coefficient (Wildman–Crippen LogP) is 1.36. The molecule has 1 aromatic rings. The molecule has 0 saturated carbocycles. The third-order valence-electron chi connectivity index (χ3n) is 2.85. The molecule has 1 aliphatic rings. The van der Waals surface area contributed by atoms with Gasteiger partial charge in [0.2, 0.25) is 10.0 Å². The van der Waals surface area contributed by atoms with Gasteiger partial charge in [0, 0.05) is 13.1 Å². The van der Waals surface area contributed by atoms with Crippen LogP contribution in [0.2, 0.25) is 0 Å². The van der Waals surface area contributed by atoms with E-state index in [1.165, 1.54) is 4.31 Å². The van der Waals surface area contributed by atoms with Gasteiger partial charge in [0.15, 0.2) is 0 Å². The molecule has 0 aromatic heterocycles. The second-order valence-corrected chi connectivity index (χ2v) is 6.06. The van der Waals surface area contributed by atoms with Crippen molar-refractivity contribution in [3.05, 3.63) is 23.8 Å². The molecule has 2 N–H and O–H groups in total. The molecule has 1 saturated heterocycles. The van der Waals surface area contributed by atoms with Crippen LogP contribution in [0.3, 0.4) is 0 Å². The summed E-state index contributed by atoms with van der Waals surface area (Å²) in [5, 5.41) is 0. The summed E-state index contributed by atoms with van der Waals surface area (Å²) in [5.74, 6) is 0. The molecule has 1 fully saturated rings. The number of nitrogens with two attached hydrogens (primary N) is 1. The van der Waals surface area contributed by atoms with Crippen molar-refractivity contribution in [3.8, 4) is 0 Å². The monoisotopic (exact) mass is 240 g/mol. The van der Waals surface area contributed by atoms with Gasteiger partial charge in [-0.1, -0.05) is 6.07 Å². The van der Waals surface area contributed by atoms with Crippen molar-refractivity contribution < 1.29 is 8.42 Å². The molecule has 5 heteroatoms. The SMILES string of the molecule is Cc1ccc(S(=O)(=O)N2CCCC2)c(N)c1. The van der Waals surface area contributed by atoms with Crippen LogP contribution in [-0.2, 0) is 10.0 Å². The van der Waals surface area contributed by atoms with E-state index in [1.807, 2.05) is 6.92 Å². The molecular weight excluding hydrogens is 224 g/mol. The molecule has 0 amide bonds. The average molecular weight is 240 g/mol. The highest BCUT2D eigenvalue weighted by Crippen LogP contribution is 2.25. The van der Waals surface area contributed by atoms with E-state index >= 15 is 0 Å². The maximum absolute atomic E-state index is 12.2. The summed E-state index contributed by atoms with van der Waals surface area (Å²) >= 11 is 0. The van der Waals surface area contributed by atoms with Gasteiger partial charge in [-0.2, -0.15) is 4.31 Å². The van der Waals surface area contributed by atoms with E-state index in [4.69, 9.17) is 5.73 Å². The molecule has 0 spiro atoms. The summed E-state index contributed by atoms with van der Waals surface area (Å²) < 4.78 is 25.9. The fourth-order valence-corrected chi connectivity index (χ4v) is 3.58. The number of anilines is 1. The predicted molar refractivity (Wildman–Crippen MR) is 63.6 cm³/mol. The van der Waals surface area contributed by atoms with Crippen molar-refractivity contribution in [1.29, 1.82) is 0 Å². The highest BCUT2D eigenvalue weighted by Gasteiger charge is 2.28. The largest absolute Gasteiger partial charge is 0.398 e. The molecule has 0 radical (unpaired) electrons. The maximum atomic E-state index is 12.2. The van der Waals surface area contributed by atoms with Crippen molar-refractivity contribution in [2.24, 2.45) is 0 Å². The Hall–Kier alpha value is -1.07. The fourth-order valence-electron chi connectivity index (χ4n) is 1.97. The molecule has 88 valence electrons. The average Bonchev–Trinajstić information content (AvgIpc) is 2.69. The first-order valence-electron chi connectivity index (χ1n) is 5.38. The smallest absolute Gasteiger partial charge is 0.245 e. The first-order valence-corrected chi connectivity index (χ1v) is 6.82. The van der Waals surface area contributed by atoms with Gasteiger partial charge in [-0.3, -0.25) is 0 Å². The van der Waals surface area contributed by atoms with Crippen LogP contribution in [-0.4, -0.2) is 25.8 Å². The van der Waals surface area contributed by atoms with Crippen LogP contribution < -0.4 is 5.73 Å². The van der Waals surface area contributed by atoms with Crippen molar-refractivity contribution in [2.75, 3.05) is 18.8 Å². The number of hydrogen-bond acceptors (Lipinski definition) is 3. The zero-order valence-electron chi connectivity index (χ0n) is 9.31. The Balaban J connectivity index is 2.42. The van der Waals surface area contributed by atoms with Gasteiger partial charge >= 0.3 is 0 Å². The zero-order chi connectivity index (χ0) is 11.8. The van der Waals surface area contributed by atoms with Crippen LogP contribution in [0.4, 0.5) is 5.69 Å². The second kappa shape index (κ2) is 4.07. The summed E-state index contributed by atoms with van der Waals surface area (Å²) in [7, 11) is -3.38. The van der Waals surface area contributed by atoms with E-state index in [2.05, 4.69) is 0 Å². The van der Waals surface area contributed by atoms with Crippen LogP contribution in [0.5, 0.6) is 0 Å². The minimum atomic E-state index is -3.38. The number of sulfonamides is 1. The van der Waals surface area contributed by atoms with E-state index in [0.717, 1.165) is 18.4 Å². The Morgan fingerprint density at radius 3 is 2.44 bits per heavy atom. The third-order valence-corrected chi connectivity index (χ3v) is 4.82. The molecule has 4 nitrogen and oxygen atoms in total. The summed E-state index contributed by atoms with van der Waals surface area (Å²) in [6.07, 6.45) is 1.87.